The highest BCUT2D eigenvalue weighted by Gasteiger charge is 2.39. The summed E-state index contributed by atoms with van der Waals surface area (Å²) in [6.07, 6.45) is 1.61. The quantitative estimate of drug-likeness (QED) is 0.259. The van der Waals surface area contributed by atoms with E-state index >= 15 is 0 Å². The molecule has 1 atom stereocenters. The maximum Gasteiger partial charge on any atom is 0.230 e. The van der Waals surface area contributed by atoms with Crippen LogP contribution in [-0.4, -0.2) is 43.6 Å². The second-order valence-electron chi connectivity index (χ2n) is 9.55. The summed E-state index contributed by atoms with van der Waals surface area (Å²) in [7, 11) is 3.30. The molecule has 41 heavy (non-hydrogen) atoms. The molecule has 1 unspecified atom stereocenters. The highest BCUT2D eigenvalue weighted by atomic mass is 16.5. The van der Waals surface area contributed by atoms with Crippen LogP contribution in [0.5, 0.6) is 29.0 Å². The Hall–Kier alpha value is -5.38. The predicted octanol–water partition coefficient (Wildman–Crippen LogP) is 5.50. The number of hydrogen-bond donors (Lipinski definition) is 0. The highest BCUT2D eigenvalue weighted by Crippen LogP contribution is 2.51. The Morgan fingerprint density at radius 1 is 0.829 bits per heavy atom. The number of aromatic nitrogens is 6. The van der Waals surface area contributed by atoms with Crippen LogP contribution in [0.25, 0.3) is 11.3 Å². The second-order valence-corrected chi connectivity index (χ2v) is 9.55. The van der Waals surface area contributed by atoms with Crippen molar-refractivity contribution in [2.45, 2.75) is 19.4 Å². The normalized spacial score (nSPS) is 13.8. The van der Waals surface area contributed by atoms with Gasteiger partial charge in [-0.15, -0.1) is 5.10 Å². The molecule has 3 aromatic heterocycles. The van der Waals surface area contributed by atoms with Crippen molar-refractivity contribution in [2.75, 3.05) is 14.2 Å². The molecule has 3 aromatic carbocycles. The Kier molecular flexibility index (Phi) is 6.00. The topological polar surface area (TPSA) is 97.8 Å². The van der Waals surface area contributed by atoms with Crippen LogP contribution in [0.2, 0.25) is 0 Å². The lowest BCUT2D eigenvalue weighted by Gasteiger charge is -2.27. The van der Waals surface area contributed by atoms with Gasteiger partial charge in [0, 0.05) is 5.56 Å². The smallest absolute Gasteiger partial charge is 0.230 e. The highest BCUT2D eigenvalue weighted by molar-refractivity contribution is 5.67. The van der Waals surface area contributed by atoms with E-state index in [0.717, 1.165) is 39.6 Å². The van der Waals surface area contributed by atoms with E-state index in [4.69, 9.17) is 29.0 Å². The van der Waals surface area contributed by atoms with Crippen molar-refractivity contribution < 1.29 is 18.9 Å². The van der Waals surface area contributed by atoms with Crippen LogP contribution in [0.15, 0.2) is 85.2 Å². The van der Waals surface area contributed by atoms with Crippen LogP contribution in [0.4, 0.5) is 0 Å². The number of para-hydroxylation sites is 2. The minimum absolute atomic E-state index is 0.180. The predicted molar refractivity (Wildman–Crippen MR) is 150 cm³/mol. The Morgan fingerprint density at radius 2 is 1.59 bits per heavy atom. The molecule has 0 spiro atoms. The number of rotatable bonds is 7. The zero-order valence-corrected chi connectivity index (χ0v) is 22.7. The zero-order chi connectivity index (χ0) is 27.9. The number of aryl methyl sites for hydroxylation is 1. The molecule has 7 rings (SSSR count). The summed E-state index contributed by atoms with van der Waals surface area (Å²) in [6.45, 7) is 2.17. The maximum atomic E-state index is 6.50. The van der Waals surface area contributed by atoms with E-state index in [1.807, 2.05) is 84.4 Å². The van der Waals surface area contributed by atoms with Crippen LogP contribution in [0, 0.1) is 6.92 Å². The number of nitrogens with zero attached hydrogens (tertiary/aromatic N) is 6. The van der Waals surface area contributed by atoms with Gasteiger partial charge in [0.25, 0.3) is 0 Å². The molecule has 0 amide bonds. The van der Waals surface area contributed by atoms with Crippen LogP contribution in [-0.2, 0) is 6.61 Å². The third kappa shape index (κ3) is 4.20. The average Bonchev–Trinajstić information content (AvgIpc) is 3.60. The summed E-state index contributed by atoms with van der Waals surface area (Å²) in [5.41, 5.74) is 4.99. The fraction of sp³-hybridized carbons (Fsp3) is 0.161. The molecule has 0 saturated heterocycles. The Bertz CT molecular complexity index is 1860. The van der Waals surface area contributed by atoms with Crippen molar-refractivity contribution in [1.29, 1.82) is 0 Å². The van der Waals surface area contributed by atoms with E-state index in [0.29, 0.717) is 29.0 Å². The molecule has 10 nitrogen and oxygen atoms in total. The van der Waals surface area contributed by atoms with Gasteiger partial charge < -0.3 is 18.9 Å². The maximum absolute atomic E-state index is 6.50. The van der Waals surface area contributed by atoms with Crippen molar-refractivity contribution in [3.05, 3.63) is 113 Å². The molecule has 0 N–H and O–H groups in total. The molecule has 0 bridgehead atoms. The van der Waals surface area contributed by atoms with Crippen molar-refractivity contribution in [1.82, 2.24) is 29.4 Å². The number of methoxy groups -OCH3 is 2. The van der Waals surface area contributed by atoms with Gasteiger partial charge in [0.2, 0.25) is 11.8 Å². The molecule has 204 valence electrons. The zero-order valence-electron chi connectivity index (χ0n) is 22.7. The lowest BCUT2D eigenvalue weighted by molar-refractivity contribution is 0.295. The van der Waals surface area contributed by atoms with E-state index in [2.05, 4.69) is 16.1 Å². The standard InChI is InChI=1S/C31H26N6O4/c1-19-26-27(23-11-7-8-12-24(23)39-3)28-29-33-25(17-40-22-15-13-21(38-2)14-16-22)35-36(29)18-32-30(28)41-31(26)37(34-19)20-9-5-4-6-10-20/h4-16,18,27H,17H2,1-3H3. The summed E-state index contributed by atoms with van der Waals surface area (Å²) in [5.74, 6) is 3.43. The minimum atomic E-state index is -0.321. The summed E-state index contributed by atoms with van der Waals surface area (Å²) in [6, 6.07) is 25.2. The van der Waals surface area contributed by atoms with Gasteiger partial charge >= 0.3 is 0 Å². The molecule has 0 radical (unpaired) electrons. The van der Waals surface area contributed by atoms with Crippen LogP contribution >= 0.6 is 0 Å². The molecule has 1 aliphatic rings. The average molecular weight is 547 g/mol. The van der Waals surface area contributed by atoms with E-state index < -0.39 is 0 Å². The lowest BCUT2D eigenvalue weighted by atomic mass is 9.84. The van der Waals surface area contributed by atoms with E-state index in [-0.39, 0.29) is 12.5 Å². The third-order valence-corrected chi connectivity index (χ3v) is 7.14. The van der Waals surface area contributed by atoms with Crippen LogP contribution in [0.1, 0.15) is 34.1 Å². The molecule has 4 heterocycles. The number of benzene rings is 3. The summed E-state index contributed by atoms with van der Waals surface area (Å²) < 4.78 is 27.0. The first-order valence-corrected chi connectivity index (χ1v) is 13.1. The van der Waals surface area contributed by atoms with Gasteiger partial charge in [0.05, 0.1) is 42.6 Å². The molecule has 1 aliphatic heterocycles. The van der Waals surface area contributed by atoms with Gasteiger partial charge in [0.1, 0.15) is 30.2 Å². The van der Waals surface area contributed by atoms with Gasteiger partial charge in [0.15, 0.2) is 11.5 Å². The Balaban J connectivity index is 1.36. The molecule has 0 aliphatic carbocycles. The summed E-state index contributed by atoms with van der Waals surface area (Å²) in [5, 5.41) is 9.55. The van der Waals surface area contributed by atoms with Gasteiger partial charge in [-0.05, 0) is 49.4 Å². The molecule has 6 aromatic rings. The number of hydrogen-bond acceptors (Lipinski definition) is 8. The SMILES string of the molecule is COc1ccc(OCc2nc3c4c(ncn3n2)Oc2c(c(C)nn2-c2ccccc2)C4c2ccccc2OC)cc1. The molecule has 0 fully saturated rings. The van der Waals surface area contributed by atoms with E-state index in [1.54, 1.807) is 25.1 Å². The minimum Gasteiger partial charge on any atom is -0.497 e. The fourth-order valence-electron chi connectivity index (χ4n) is 5.26. The Morgan fingerprint density at radius 3 is 2.37 bits per heavy atom. The molecular formula is C31H26N6O4. The largest absolute Gasteiger partial charge is 0.497 e. The van der Waals surface area contributed by atoms with Crippen molar-refractivity contribution in [2.24, 2.45) is 0 Å². The molecule has 0 saturated carbocycles. The van der Waals surface area contributed by atoms with Crippen molar-refractivity contribution >= 4 is 5.65 Å². The third-order valence-electron chi connectivity index (χ3n) is 7.14. The van der Waals surface area contributed by atoms with Crippen LogP contribution in [0.3, 0.4) is 0 Å². The van der Waals surface area contributed by atoms with Gasteiger partial charge in [-0.2, -0.15) is 5.10 Å². The number of ether oxygens (including phenoxy) is 4. The molecular weight excluding hydrogens is 520 g/mol. The Labute approximate surface area is 235 Å². The number of fused-ring (bicyclic) bond motifs is 4. The van der Waals surface area contributed by atoms with Gasteiger partial charge in [-0.1, -0.05) is 36.4 Å². The van der Waals surface area contributed by atoms with Crippen LogP contribution < -0.4 is 18.9 Å². The monoisotopic (exact) mass is 546 g/mol. The van der Waals surface area contributed by atoms with Crippen molar-refractivity contribution in [3.8, 4) is 34.7 Å². The first kappa shape index (κ1) is 24.6. The fourth-order valence-corrected chi connectivity index (χ4v) is 5.26. The first-order chi connectivity index (χ1) is 20.1. The van der Waals surface area contributed by atoms with E-state index in [1.165, 1.54) is 0 Å². The first-order valence-electron chi connectivity index (χ1n) is 13.1. The lowest BCUT2D eigenvalue weighted by Crippen LogP contribution is -2.16. The van der Waals surface area contributed by atoms with Gasteiger partial charge in [-0.3, -0.25) is 0 Å². The summed E-state index contributed by atoms with van der Waals surface area (Å²) in [4.78, 5) is 9.56. The van der Waals surface area contributed by atoms with Gasteiger partial charge in [-0.25, -0.2) is 19.2 Å². The second kappa shape index (κ2) is 9.98. The molecule has 10 heteroatoms. The van der Waals surface area contributed by atoms with Crippen molar-refractivity contribution in [3.63, 3.8) is 0 Å². The summed E-state index contributed by atoms with van der Waals surface area (Å²) >= 11 is 0. The van der Waals surface area contributed by atoms with E-state index in [9.17, 15) is 0 Å².